The average molecular weight is 399 g/mol. The van der Waals surface area contributed by atoms with Crippen LogP contribution in [0.1, 0.15) is 26.6 Å². The van der Waals surface area contributed by atoms with Crippen molar-refractivity contribution in [2.75, 3.05) is 20.8 Å². The lowest BCUT2D eigenvalue weighted by atomic mass is 10.0. The number of nitrogens with one attached hydrogen (secondary N) is 1. The third-order valence-corrected chi connectivity index (χ3v) is 4.30. The highest BCUT2D eigenvalue weighted by Crippen LogP contribution is 2.29. The number of rotatable bonds is 7. The molecule has 0 aliphatic carbocycles. The number of methoxy groups -OCH3 is 2. The first-order chi connectivity index (χ1) is 12.3. The van der Waals surface area contributed by atoms with E-state index >= 15 is 0 Å². The van der Waals surface area contributed by atoms with E-state index < -0.39 is 6.04 Å². The predicted octanol–water partition coefficient (Wildman–Crippen LogP) is 1.69. The van der Waals surface area contributed by atoms with Gasteiger partial charge in [0.15, 0.2) is 11.5 Å². The molecule has 0 saturated carbocycles. The molecule has 0 saturated heterocycles. The fourth-order valence-corrected chi connectivity index (χ4v) is 2.61. The first-order valence-electron chi connectivity index (χ1n) is 8.51. The Morgan fingerprint density at radius 3 is 2.37 bits per heavy atom. The molecule has 2 aromatic rings. The summed E-state index contributed by atoms with van der Waals surface area (Å²) in [5, 5.41) is 0.389. The lowest BCUT2D eigenvalue weighted by Crippen LogP contribution is -2.46. The Morgan fingerprint density at radius 2 is 1.85 bits per heavy atom. The second-order valence-electron chi connectivity index (χ2n) is 6.36. The number of hydrogen-bond acceptors (Lipinski definition) is 6. The molecule has 1 amide bonds. The second-order valence-corrected chi connectivity index (χ2v) is 6.36. The second kappa shape index (κ2) is 9.57. The standard InChI is InChI=1S/C18H26N4O4.ClH/c1-6-22(18(24)16(19)10(2)3)9-15-20-12-8-14(26-5)13(25-4)7-11(12)17(23)21-15;/h7-8,10,16H,6,9,19H2,1-5H3,(H,20,21,23);1H/t16-;/m0./s1. The maximum absolute atomic E-state index is 12.5. The molecule has 1 aromatic heterocycles. The minimum Gasteiger partial charge on any atom is -0.493 e. The number of H-pyrrole nitrogens is 1. The first kappa shape index (κ1) is 22.7. The number of benzene rings is 1. The zero-order chi connectivity index (χ0) is 19.4. The van der Waals surface area contributed by atoms with Crippen LogP contribution < -0.4 is 20.8 Å². The van der Waals surface area contributed by atoms with E-state index in [2.05, 4.69) is 9.97 Å². The molecule has 0 radical (unpaired) electrons. The highest BCUT2D eigenvalue weighted by molar-refractivity contribution is 5.85. The van der Waals surface area contributed by atoms with Gasteiger partial charge in [0.1, 0.15) is 5.82 Å². The molecule has 0 bridgehead atoms. The number of nitrogens with zero attached hydrogens (tertiary/aromatic N) is 2. The van der Waals surface area contributed by atoms with Crippen molar-refractivity contribution >= 4 is 29.2 Å². The quantitative estimate of drug-likeness (QED) is 0.734. The van der Waals surface area contributed by atoms with Gasteiger partial charge in [0.05, 0.1) is 37.7 Å². The molecule has 2 rings (SSSR count). The molecule has 150 valence electrons. The summed E-state index contributed by atoms with van der Waals surface area (Å²) >= 11 is 0. The monoisotopic (exact) mass is 398 g/mol. The Hall–Kier alpha value is -2.32. The summed E-state index contributed by atoms with van der Waals surface area (Å²) < 4.78 is 10.5. The number of ether oxygens (including phenoxy) is 2. The van der Waals surface area contributed by atoms with Crippen LogP contribution >= 0.6 is 12.4 Å². The number of fused-ring (bicyclic) bond motifs is 1. The number of likely N-dealkylation sites (N-methyl/N-ethyl adjacent to an activating group) is 1. The lowest BCUT2D eigenvalue weighted by Gasteiger charge is -2.25. The van der Waals surface area contributed by atoms with Gasteiger partial charge in [0.2, 0.25) is 5.91 Å². The maximum Gasteiger partial charge on any atom is 0.258 e. The van der Waals surface area contributed by atoms with Crippen molar-refractivity contribution in [1.29, 1.82) is 0 Å². The summed E-state index contributed by atoms with van der Waals surface area (Å²) in [6.07, 6.45) is 0. The van der Waals surface area contributed by atoms with Crippen LogP contribution in [-0.2, 0) is 11.3 Å². The van der Waals surface area contributed by atoms with Crippen LogP contribution in [0.2, 0.25) is 0 Å². The molecule has 1 aromatic carbocycles. The Bertz CT molecular complexity index is 853. The molecular formula is C18H27ClN4O4. The van der Waals surface area contributed by atoms with Gasteiger partial charge in [-0.15, -0.1) is 12.4 Å². The van der Waals surface area contributed by atoms with E-state index in [4.69, 9.17) is 15.2 Å². The predicted molar refractivity (Wildman–Crippen MR) is 107 cm³/mol. The van der Waals surface area contributed by atoms with E-state index in [-0.39, 0.29) is 36.3 Å². The summed E-state index contributed by atoms with van der Waals surface area (Å²) in [4.78, 5) is 33.7. The van der Waals surface area contributed by atoms with Gasteiger partial charge in [0.25, 0.3) is 5.56 Å². The van der Waals surface area contributed by atoms with Gasteiger partial charge in [-0.3, -0.25) is 9.59 Å². The van der Waals surface area contributed by atoms with E-state index in [0.717, 1.165) is 0 Å². The van der Waals surface area contributed by atoms with Crippen LogP contribution in [0.3, 0.4) is 0 Å². The third-order valence-electron chi connectivity index (χ3n) is 4.30. The molecule has 0 unspecified atom stereocenters. The van der Waals surface area contributed by atoms with Crippen molar-refractivity contribution in [1.82, 2.24) is 14.9 Å². The summed E-state index contributed by atoms with van der Waals surface area (Å²) in [7, 11) is 3.02. The molecular weight excluding hydrogens is 372 g/mol. The third kappa shape index (κ3) is 4.90. The SMILES string of the molecule is CCN(Cc1nc2cc(OC)c(OC)cc2c(=O)[nH]1)C(=O)[C@@H](N)C(C)C.Cl. The number of aromatic nitrogens is 2. The first-order valence-corrected chi connectivity index (χ1v) is 8.51. The number of aromatic amines is 1. The number of halogens is 1. The largest absolute Gasteiger partial charge is 0.493 e. The van der Waals surface area contributed by atoms with E-state index in [1.54, 1.807) is 17.0 Å². The Labute approximate surface area is 164 Å². The zero-order valence-electron chi connectivity index (χ0n) is 16.2. The molecule has 0 aliphatic rings. The van der Waals surface area contributed by atoms with Gasteiger partial charge in [-0.05, 0) is 18.9 Å². The minimum atomic E-state index is -0.591. The number of hydrogen-bond donors (Lipinski definition) is 2. The van der Waals surface area contributed by atoms with Gasteiger partial charge < -0.3 is 25.1 Å². The van der Waals surface area contributed by atoms with Crippen LogP contribution in [0.5, 0.6) is 11.5 Å². The topological polar surface area (TPSA) is 111 Å². The molecule has 0 spiro atoms. The fraction of sp³-hybridized carbons (Fsp3) is 0.500. The van der Waals surface area contributed by atoms with Gasteiger partial charge in [-0.2, -0.15) is 0 Å². The van der Waals surface area contributed by atoms with Crippen LogP contribution in [0.25, 0.3) is 10.9 Å². The van der Waals surface area contributed by atoms with Crippen LogP contribution in [-0.4, -0.2) is 47.6 Å². The van der Waals surface area contributed by atoms with E-state index in [1.165, 1.54) is 14.2 Å². The molecule has 1 heterocycles. The van der Waals surface area contributed by atoms with Gasteiger partial charge in [-0.25, -0.2) is 4.98 Å². The van der Waals surface area contributed by atoms with Crippen molar-refractivity contribution < 1.29 is 14.3 Å². The zero-order valence-corrected chi connectivity index (χ0v) is 17.1. The molecule has 8 nitrogen and oxygen atoms in total. The van der Waals surface area contributed by atoms with E-state index in [0.29, 0.717) is 34.8 Å². The number of carbonyl (C=O) groups excluding carboxylic acids is 1. The molecule has 0 aliphatic heterocycles. The van der Waals surface area contributed by atoms with Crippen molar-refractivity contribution in [3.05, 3.63) is 28.3 Å². The fourth-order valence-electron chi connectivity index (χ4n) is 2.61. The summed E-state index contributed by atoms with van der Waals surface area (Å²) in [5.41, 5.74) is 6.13. The number of carbonyl (C=O) groups is 1. The van der Waals surface area contributed by atoms with Crippen molar-refractivity contribution in [3.63, 3.8) is 0 Å². The minimum absolute atomic E-state index is 0. The summed E-state index contributed by atoms with van der Waals surface area (Å²) in [5.74, 6) is 1.18. The summed E-state index contributed by atoms with van der Waals surface area (Å²) in [6.45, 7) is 6.29. The molecule has 27 heavy (non-hydrogen) atoms. The van der Waals surface area contributed by atoms with Crippen LogP contribution in [0.4, 0.5) is 0 Å². The van der Waals surface area contributed by atoms with Gasteiger partial charge in [0, 0.05) is 12.6 Å². The molecule has 1 atom stereocenters. The lowest BCUT2D eigenvalue weighted by molar-refractivity contribution is -0.134. The van der Waals surface area contributed by atoms with E-state index in [9.17, 15) is 9.59 Å². The maximum atomic E-state index is 12.5. The Kier molecular flexibility index (Phi) is 8.05. The average Bonchev–Trinajstić information content (AvgIpc) is 2.63. The van der Waals surface area contributed by atoms with Crippen LogP contribution in [0.15, 0.2) is 16.9 Å². The van der Waals surface area contributed by atoms with Crippen molar-refractivity contribution in [3.8, 4) is 11.5 Å². The number of amides is 1. The van der Waals surface area contributed by atoms with Gasteiger partial charge in [-0.1, -0.05) is 13.8 Å². The summed E-state index contributed by atoms with van der Waals surface area (Å²) in [6, 6.07) is 2.64. The Balaban J connectivity index is 0.00000364. The van der Waals surface area contributed by atoms with Gasteiger partial charge >= 0.3 is 0 Å². The molecule has 9 heteroatoms. The Morgan fingerprint density at radius 1 is 1.26 bits per heavy atom. The van der Waals surface area contributed by atoms with Crippen molar-refractivity contribution in [2.45, 2.75) is 33.4 Å². The highest BCUT2D eigenvalue weighted by atomic mass is 35.5. The number of nitrogens with two attached hydrogens (primary N) is 1. The van der Waals surface area contributed by atoms with Crippen molar-refractivity contribution in [2.24, 2.45) is 11.7 Å². The molecule has 0 fully saturated rings. The normalized spacial score (nSPS) is 11.8. The highest BCUT2D eigenvalue weighted by Gasteiger charge is 2.23. The van der Waals surface area contributed by atoms with Crippen LogP contribution in [0, 0.1) is 5.92 Å². The van der Waals surface area contributed by atoms with E-state index in [1.807, 2.05) is 20.8 Å². The molecule has 3 N–H and O–H groups in total. The smallest absolute Gasteiger partial charge is 0.258 e.